The van der Waals surface area contributed by atoms with Gasteiger partial charge in [0, 0.05) is 12.6 Å². The number of benzene rings is 1. The van der Waals surface area contributed by atoms with E-state index in [1.807, 2.05) is 26.0 Å². The maximum atomic E-state index is 11.9. The summed E-state index contributed by atoms with van der Waals surface area (Å²) >= 11 is 2.53. The predicted octanol–water partition coefficient (Wildman–Crippen LogP) is 2.84. The Morgan fingerprint density at radius 3 is 2.45 bits per heavy atom. The first-order valence-electron chi connectivity index (χ1n) is 6.54. The van der Waals surface area contributed by atoms with Crippen molar-refractivity contribution in [2.75, 3.05) is 16.4 Å². The molecule has 6 nitrogen and oxygen atoms in total. The standard InChI is InChI=1S/C14H16N4O2S2/c1-8-4-9(2)6-11(5-8)16-12(20)7-21-14-18-17-13(22-14)15-10(3)19/h4-6H,7H2,1-3H3,(H,16,20)(H,15,17,19). The van der Waals surface area contributed by atoms with Crippen molar-refractivity contribution >= 4 is 45.7 Å². The Hall–Kier alpha value is -1.93. The van der Waals surface area contributed by atoms with E-state index in [4.69, 9.17) is 0 Å². The van der Waals surface area contributed by atoms with Crippen LogP contribution in [0.3, 0.4) is 0 Å². The van der Waals surface area contributed by atoms with Crippen LogP contribution >= 0.6 is 23.1 Å². The normalized spacial score (nSPS) is 10.3. The molecule has 0 saturated heterocycles. The number of amides is 2. The zero-order valence-electron chi connectivity index (χ0n) is 12.5. The van der Waals surface area contributed by atoms with Crippen LogP contribution in [0.4, 0.5) is 10.8 Å². The molecule has 1 aromatic carbocycles. The van der Waals surface area contributed by atoms with Gasteiger partial charge in [-0.25, -0.2) is 0 Å². The largest absolute Gasteiger partial charge is 0.325 e. The summed E-state index contributed by atoms with van der Waals surface area (Å²) in [4.78, 5) is 22.9. The van der Waals surface area contributed by atoms with Crippen molar-refractivity contribution in [3.05, 3.63) is 29.3 Å². The highest BCUT2D eigenvalue weighted by Crippen LogP contribution is 2.25. The Labute approximate surface area is 136 Å². The van der Waals surface area contributed by atoms with Gasteiger partial charge in [0.25, 0.3) is 0 Å². The third-order valence-electron chi connectivity index (χ3n) is 2.52. The Morgan fingerprint density at radius 2 is 1.82 bits per heavy atom. The van der Waals surface area contributed by atoms with Crippen molar-refractivity contribution in [2.45, 2.75) is 25.1 Å². The van der Waals surface area contributed by atoms with Crippen LogP contribution in [-0.4, -0.2) is 27.8 Å². The molecule has 1 heterocycles. The van der Waals surface area contributed by atoms with Crippen LogP contribution in [-0.2, 0) is 9.59 Å². The summed E-state index contributed by atoms with van der Waals surface area (Å²) in [5, 5.41) is 13.6. The van der Waals surface area contributed by atoms with Crippen LogP contribution in [0.5, 0.6) is 0 Å². The fourth-order valence-corrected chi connectivity index (χ4v) is 3.44. The average Bonchev–Trinajstić information content (AvgIpc) is 2.82. The Bertz CT molecular complexity index is 680. The van der Waals surface area contributed by atoms with Crippen LogP contribution in [0, 0.1) is 13.8 Å². The maximum absolute atomic E-state index is 11.9. The molecule has 1 aromatic heterocycles. The van der Waals surface area contributed by atoms with Crippen molar-refractivity contribution in [3.63, 3.8) is 0 Å². The van der Waals surface area contributed by atoms with E-state index in [2.05, 4.69) is 26.9 Å². The first-order chi connectivity index (χ1) is 10.4. The van der Waals surface area contributed by atoms with Crippen molar-refractivity contribution in [1.29, 1.82) is 0 Å². The van der Waals surface area contributed by atoms with Crippen LogP contribution in [0.1, 0.15) is 18.1 Å². The number of anilines is 2. The predicted molar refractivity (Wildman–Crippen MR) is 89.5 cm³/mol. The Balaban J connectivity index is 1.87. The lowest BCUT2D eigenvalue weighted by molar-refractivity contribution is -0.114. The molecule has 2 aromatic rings. The molecule has 0 fully saturated rings. The van der Waals surface area contributed by atoms with E-state index in [1.54, 1.807) is 0 Å². The molecule has 116 valence electrons. The number of aryl methyl sites for hydroxylation is 2. The molecule has 0 atom stereocenters. The summed E-state index contributed by atoms with van der Waals surface area (Å²) < 4.78 is 0.638. The number of hydrogen-bond acceptors (Lipinski definition) is 6. The van der Waals surface area contributed by atoms with E-state index in [9.17, 15) is 9.59 Å². The minimum atomic E-state index is -0.194. The highest BCUT2D eigenvalue weighted by atomic mass is 32.2. The van der Waals surface area contributed by atoms with Gasteiger partial charge in [-0.15, -0.1) is 10.2 Å². The van der Waals surface area contributed by atoms with Gasteiger partial charge in [-0.3, -0.25) is 9.59 Å². The monoisotopic (exact) mass is 336 g/mol. The fraction of sp³-hybridized carbons (Fsp3) is 0.286. The molecule has 2 amide bonds. The van der Waals surface area contributed by atoms with Gasteiger partial charge in [0.2, 0.25) is 16.9 Å². The summed E-state index contributed by atoms with van der Waals surface area (Å²) in [5.41, 5.74) is 3.00. The maximum Gasteiger partial charge on any atom is 0.234 e. The molecule has 0 saturated carbocycles. The van der Waals surface area contributed by atoms with Gasteiger partial charge in [-0.05, 0) is 37.1 Å². The SMILES string of the molecule is CC(=O)Nc1nnc(SCC(=O)Nc2cc(C)cc(C)c2)s1. The molecule has 0 aliphatic heterocycles. The number of thioether (sulfide) groups is 1. The number of hydrogen-bond donors (Lipinski definition) is 2. The number of rotatable bonds is 5. The third-order valence-corrected chi connectivity index (χ3v) is 4.49. The quantitative estimate of drug-likeness (QED) is 0.648. The van der Waals surface area contributed by atoms with Gasteiger partial charge in [0.1, 0.15) is 0 Å². The molecule has 22 heavy (non-hydrogen) atoms. The second-order valence-corrected chi connectivity index (χ2v) is 6.97. The van der Waals surface area contributed by atoms with Crippen LogP contribution in [0.25, 0.3) is 0 Å². The molecule has 0 spiro atoms. The summed E-state index contributed by atoms with van der Waals surface area (Å²) in [5.74, 6) is -0.0617. The summed E-state index contributed by atoms with van der Waals surface area (Å²) in [6, 6.07) is 5.90. The summed E-state index contributed by atoms with van der Waals surface area (Å²) in [6.45, 7) is 5.38. The molecule has 2 N–H and O–H groups in total. The minimum Gasteiger partial charge on any atom is -0.325 e. The number of carbonyl (C=O) groups is 2. The van der Waals surface area contributed by atoms with Gasteiger partial charge in [0.15, 0.2) is 4.34 Å². The van der Waals surface area contributed by atoms with Crippen LogP contribution in [0.15, 0.2) is 22.5 Å². The lowest BCUT2D eigenvalue weighted by Gasteiger charge is -2.06. The second kappa shape index (κ2) is 7.37. The van der Waals surface area contributed by atoms with E-state index in [0.717, 1.165) is 16.8 Å². The summed E-state index contributed by atoms with van der Waals surface area (Å²) in [6.07, 6.45) is 0. The van der Waals surface area contributed by atoms with Crippen molar-refractivity contribution in [3.8, 4) is 0 Å². The number of aromatic nitrogens is 2. The third kappa shape index (κ3) is 5.12. The first kappa shape index (κ1) is 16.4. The number of carbonyl (C=O) groups excluding carboxylic acids is 2. The smallest absolute Gasteiger partial charge is 0.234 e. The average molecular weight is 336 g/mol. The first-order valence-corrected chi connectivity index (χ1v) is 8.34. The second-order valence-electron chi connectivity index (χ2n) is 4.77. The molecule has 0 radical (unpaired) electrons. The van der Waals surface area contributed by atoms with Gasteiger partial charge in [-0.1, -0.05) is 29.2 Å². The van der Waals surface area contributed by atoms with Gasteiger partial charge >= 0.3 is 0 Å². The van der Waals surface area contributed by atoms with E-state index in [-0.39, 0.29) is 17.6 Å². The molecule has 0 unspecified atom stereocenters. The van der Waals surface area contributed by atoms with E-state index < -0.39 is 0 Å². The highest BCUT2D eigenvalue weighted by molar-refractivity contribution is 8.01. The van der Waals surface area contributed by atoms with Gasteiger partial charge in [0.05, 0.1) is 5.75 Å². The van der Waals surface area contributed by atoms with Crippen molar-refractivity contribution in [2.24, 2.45) is 0 Å². The Kier molecular flexibility index (Phi) is 5.51. The topological polar surface area (TPSA) is 84.0 Å². The molecular formula is C14H16N4O2S2. The minimum absolute atomic E-state index is 0.105. The van der Waals surface area contributed by atoms with E-state index >= 15 is 0 Å². The molecule has 0 aliphatic carbocycles. The molecular weight excluding hydrogens is 320 g/mol. The fourth-order valence-electron chi connectivity index (χ4n) is 1.84. The number of nitrogens with one attached hydrogen (secondary N) is 2. The summed E-state index contributed by atoms with van der Waals surface area (Å²) in [7, 11) is 0. The van der Waals surface area contributed by atoms with Crippen molar-refractivity contribution in [1.82, 2.24) is 10.2 Å². The van der Waals surface area contributed by atoms with E-state index in [1.165, 1.54) is 30.0 Å². The highest BCUT2D eigenvalue weighted by Gasteiger charge is 2.09. The molecule has 0 bridgehead atoms. The van der Waals surface area contributed by atoms with Crippen molar-refractivity contribution < 1.29 is 9.59 Å². The molecule has 2 rings (SSSR count). The molecule has 0 aliphatic rings. The van der Waals surface area contributed by atoms with Crippen LogP contribution in [0.2, 0.25) is 0 Å². The number of nitrogens with zero attached hydrogens (tertiary/aromatic N) is 2. The Morgan fingerprint density at radius 1 is 1.14 bits per heavy atom. The zero-order chi connectivity index (χ0) is 16.1. The van der Waals surface area contributed by atoms with Gasteiger partial charge < -0.3 is 10.6 Å². The zero-order valence-corrected chi connectivity index (χ0v) is 14.1. The van der Waals surface area contributed by atoms with Crippen LogP contribution < -0.4 is 10.6 Å². The lowest BCUT2D eigenvalue weighted by Crippen LogP contribution is -2.14. The molecule has 8 heteroatoms. The van der Waals surface area contributed by atoms with Gasteiger partial charge in [-0.2, -0.15) is 0 Å². The van der Waals surface area contributed by atoms with E-state index in [0.29, 0.717) is 9.47 Å². The lowest BCUT2D eigenvalue weighted by atomic mass is 10.1.